The summed E-state index contributed by atoms with van der Waals surface area (Å²) in [5.74, 6) is 0.788. The Hall–Kier alpha value is -2.87. The van der Waals surface area contributed by atoms with E-state index < -0.39 is 0 Å². The molecule has 0 bridgehead atoms. The van der Waals surface area contributed by atoms with Gasteiger partial charge in [-0.3, -0.25) is 9.59 Å². The van der Waals surface area contributed by atoms with Gasteiger partial charge in [0.15, 0.2) is 11.0 Å². The van der Waals surface area contributed by atoms with Crippen LogP contribution in [0.3, 0.4) is 0 Å². The Morgan fingerprint density at radius 2 is 2.00 bits per heavy atom. The predicted molar refractivity (Wildman–Crippen MR) is 97.5 cm³/mol. The number of pyridine rings is 1. The normalized spacial score (nSPS) is 10.6. The quantitative estimate of drug-likeness (QED) is 0.662. The molecule has 0 radical (unpaired) electrons. The van der Waals surface area contributed by atoms with Gasteiger partial charge < -0.3 is 14.9 Å². The first kappa shape index (κ1) is 17.0. The summed E-state index contributed by atoms with van der Waals surface area (Å²) in [5.41, 5.74) is 1.37. The van der Waals surface area contributed by atoms with Crippen LogP contribution < -0.4 is 10.9 Å². The number of nitrogens with zero attached hydrogens (tertiary/aromatic N) is 3. The molecule has 2 N–H and O–H groups in total. The number of anilines is 1. The minimum absolute atomic E-state index is 0.104. The molecule has 3 rings (SSSR count). The van der Waals surface area contributed by atoms with E-state index in [9.17, 15) is 9.59 Å². The molecule has 0 aliphatic rings. The second-order valence-electron chi connectivity index (χ2n) is 5.19. The fourth-order valence-corrected chi connectivity index (χ4v) is 3.09. The van der Waals surface area contributed by atoms with E-state index in [0.717, 1.165) is 11.3 Å². The third kappa shape index (κ3) is 4.16. The van der Waals surface area contributed by atoms with E-state index in [4.69, 9.17) is 0 Å². The third-order valence-corrected chi connectivity index (χ3v) is 4.43. The summed E-state index contributed by atoms with van der Waals surface area (Å²) < 4.78 is 1.91. The van der Waals surface area contributed by atoms with Crippen LogP contribution in [0.15, 0.2) is 58.6 Å². The molecule has 25 heavy (non-hydrogen) atoms. The Balaban J connectivity index is 1.70. The summed E-state index contributed by atoms with van der Waals surface area (Å²) in [7, 11) is 0. The molecule has 7 nitrogen and oxygen atoms in total. The van der Waals surface area contributed by atoms with Gasteiger partial charge in [0.2, 0.25) is 11.5 Å². The maximum atomic E-state index is 12.1. The van der Waals surface area contributed by atoms with E-state index in [1.807, 2.05) is 41.8 Å². The van der Waals surface area contributed by atoms with Crippen LogP contribution in [-0.4, -0.2) is 31.4 Å². The fraction of sp³-hybridized carbons (Fsp3) is 0.176. The van der Waals surface area contributed by atoms with Crippen molar-refractivity contribution in [3.8, 4) is 11.4 Å². The number of rotatable bonds is 6. The molecule has 2 aromatic heterocycles. The highest BCUT2D eigenvalue weighted by Gasteiger charge is 2.14. The topological polar surface area (TPSA) is 92.7 Å². The first-order valence-corrected chi connectivity index (χ1v) is 8.76. The number of benzene rings is 1. The zero-order chi connectivity index (χ0) is 17.6. The van der Waals surface area contributed by atoms with Crippen molar-refractivity contribution in [3.63, 3.8) is 0 Å². The van der Waals surface area contributed by atoms with E-state index in [1.165, 1.54) is 17.8 Å². The minimum atomic E-state index is -0.168. The molecule has 0 saturated carbocycles. The molecule has 0 aliphatic carbocycles. The number of aromatic nitrogens is 4. The van der Waals surface area contributed by atoms with E-state index in [2.05, 4.69) is 20.5 Å². The predicted octanol–water partition coefficient (Wildman–Crippen LogP) is 2.38. The van der Waals surface area contributed by atoms with Gasteiger partial charge in [-0.2, -0.15) is 0 Å². The molecule has 0 saturated heterocycles. The van der Waals surface area contributed by atoms with Gasteiger partial charge in [-0.1, -0.05) is 30.0 Å². The SMILES string of the molecule is CCn1c(SCC(=O)Nc2ccccc2)nnc1-c1ccc(=O)[nH]c1. The molecule has 3 aromatic rings. The fourth-order valence-electron chi connectivity index (χ4n) is 2.29. The van der Waals surface area contributed by atoms with Crippen molar-refractivity contribution in [1.82, 2.24) is 19.7 Å². The number of carbonyl (C=O) groups excluding carboxylic acids is 1. The van der Waals surface area contributed by atoms with Crippen LogP contribution in [0.1, 0.15) is 6.92 Å². The average Bonchev–Trinajstić information content (AvgIpc) is 3.04. The van der Waals surface area contributed by atoms with Crippen molar-refractivity contribution >= 4 is 23.4 Å². The highest BCUT2D eigenvalue weighted by Crippen LogP contribution is 2.23. The van der Waals surface area contributed by atoms with Crippen LogP contribution >= 0.6 is 11.8 Å². The number of para-hydroxylation sites is 1. The maximum Gasteiger partial charge on any atom is 0.247 e. The third-order valence-electron chi connectivity index (χ3n) is 3.47. The van der Waals surface area contributed by atoms with Crippen molar-refractivity contribution in [3.05, 3.63) is 59.0 Å². The molecule has 1 amide bonds. The Morgan fingerprint density at radius 3 is 2.68 bits per heavy atom. The first-order valence-electron chi connectivity index (χ1n) is 7.77. The van der Waals surface area contributed by atoms with Crippen LogP contribution in [-0.2, 0) is 11.3 Å². The largest absolute Gasteiger partial charge is 0.328 e. The molecule has 0 spiro atoms. The molecule has 0 fully saturated rings. The highest BCUT2D eigenvalue weighted by molar-refractivity contribution is 7.99. The lowest BCUT2D eigenvalue weighted by molar-refractivity contribution is -0.113. The second kappa shape index (κ2) is 7.80. The Morgan fingerprint density at radius 1 is 1.20 bits per heavy atom. The van der Waals surface area contributed by atoms with E-state index in [-0.39, 0.29) is 17.2 Å². The van der Waals surface area contributed by atoms with Crippen LogP contribution in [0, 0.1) is 0 Å². The molecule has 0 unspecified atom stereocenters. The maximum absolute atomic E-state index is 12.1. The van der Waals surface area contributed by atoms with Crippen LogP contribution in [0.25, 0.3) is 11.4 Å². The summed E-state index contributed by atoms with van der Waals surface area (Å²) in [6, 6.07) is 12.5. The zero-order valence-electron chi connectivity index (χ0n) is 13.6. The van der Waals surface area contributed by atoms with Gasteiger partial charge in [-0.15, -0.1) is 10.2 Å². The number of amides is 1. The minimum Gasteiger partial charge on any atom is -0.328 e. The van der Waals surface area contributed by atoms with Gasteiger partial charge in [-0.05, 0) is 25.1 Å². The number of thioether (sulfide) groups is 1. The van der Waals surface area contributed by atoms with Gasteiger partial charge >= 0.3 is 0 Å². The number of aromatic amines is 1. The molecular formula is C17H17N5O2S. The smallest absolute Gasteiger partial charge is 0.247 e. The lowest BCUT2D eigenvalue weighted by Crippen LogP contribution is -2.14. The van der Waals surface area contributed by atoms with Gasteiger partial charge in [0, 0.05) is 30.1 Å². The number of H-pyrrole nitrogens is 1. The van der Waals surface area contributed by atoms with E-state index >= 15 is 0 Å². The highest BCUT2D eigenvalue weighted by atomic mass is 32.2. The summed E-state index contributed by atoms with van der Waals surface area (Å²) in [5, 5.41) is 11.9. The van der Waals surface area contributed by atoms with Crippen molar-refractivity contribution < 1.29 is 4.79 Å². The number of carbonyl (C=O) groups is 1. The number of hydrogen-bond donors (Lipinski definition) is 2. The number of nitrogens with one attached hydrogen (secondary N) is 2. The molecular weight excluding hydrogens is 338 g/mol. The molecule has 0 aliphatic heterocycles. The molecule has 2 heterocycles. The second-order valence-corrected chi connectivity index (χ2v) is 6.14. The van der Waals surface area contributed by atoms with Crippen LogP contribution in [0.5, 0.6) is 0 Å². The summed E-state index contributed by atoms with van der Waals surface area (Å²) in [4.78, 5) is 25.9. The van der Waals surface area contributed by atoms with Crippen molar-refractivity contribution in [2.24, 2.45) is 0 Å². The molecule has 8 heteroatoms. The molecule has 128 valence electrons. The summed E-state index contributed by atoms with van der Waals surface area (Å²) in [6.07, 6.45) is 1.61. The summed E-state index contributed by atoms with van der Waals surface area (Å²) in [6.45, 7) is 2.64. The first-order chi connectivity index (χ1) is 12.2. The van der Waals surface area contributed by atoms with Gasteiger partial charge in [0.25, 0.3) is 0 Å². The van der Waals surface area contributed by atoms with Crippen molar-refractivity contribution in [1.29, 1.82) is 0 Å². The Kier molecular flexibility index (Phi) is 5.30. The monoisotopic (exact) mass is 355 g/mol. The molecule has 1 aromatic carbocycles. The van der Waals surface area contributed by atoms with Crippen molar-refractivity contribution in [2.75, 3.05) is 11.1 Å². The van der Waals surface area contributed by atoms with E-state index in [1.54, 1.807) is 12.3 Å². The average molecular weight is 355 g/mol. The lowest BCUT2D eigenvalue weighted by Gasteiger charge is -2.07. The van der Waals surface area contributed by atoms with E-state index in [0.29, 0.717) is 17.5 Å². The standard InChI is InChI=1S/C17H17N5O2S/c1-2-22-16(12-8-9-14(23)18-10-12)20-21-17(22)25-11-15(24)19-13-6-4-3-5-7-13/h3-10H,2,11H2,1H3,(H,18,23)(H,19,24). The van der Waals surface area contributed by atoms with Gasteiger partial charge in [0.1, 0.15) is 0 Å². The van der Waals surface area contributed by atoms with Gasteiger partial charge in [0.05, 0.1) is 5.75 Å². The van der Waals surface area contributed by atoms with Crippen LogP contribution in [0.4, 0.5) is 5.69 Å². The zero-order valence-corrected chi connectivity index (χ0v) is 14.4. The summed E-state index contributed by atoms with van der Waals surface area (Å²) >= 11 is 1.32. The van der Waals surface area contributed by atoms with Crippen LogP contribution in [0.2, 0.25) is 0 Å². The number of hydrogen-bond acceptors (Lipinski definition) is 5. The Bertz CT molecular complexity index is 900. The van der Waals surface area contributed by atoms with Gasteiger partial charge in [-0.25, -0.2) is 0 Å². The molecule has 0 atom stereocenters. The lowest BCUT2D eigenvalue weighted by atomic mass is 10.3. The Labute approximate surface area is 148 Å². The van der Waals surface area contributed by atoms with Crippen molar-refractivity contribution in [2.45, 2.75) is 18.6 Å².